The van der Waals surface area contributed by atoms with E-state index >= 15 is 0 Å². The van der Waals surface area contributed by atoms with Gasteiger partial charge in [-0.2, -0.15) is 0 Å². The van der Waals surface area contributed by atoms with Crippen LogP contribution in [0.25, 0.3) is 0 Å². The third-order valence-electron chi connectivity index (χ3n) is 4.64. The minimum atomic E-state index is -0.308. The van der Waals surface area contributed by atoms with E-state index in [1.54, 1.807) is 35.2 Å². The zero-order valence-electron chi connectivity index (χ0n) is 15.6. The summed E-state index contributed by atoms with van der Waals surface area (Å²) in [6, 6.07) is 12.5. The number of hydrogen-bond donors (Lipinski definition) is 1. The molecule has 2 aromatic rings. The van der Waals surface area contributed by atoms with E-state index < -0.39 is 0 Å². The number of carbonyl (C=O) groups excluding carboxylic acids is 2. The molecule has 7 heteroatoms. The second-order valence-electron chi connectivity index (χ2n) is 6.68. The summed E-state index contributed by atoms with van der Waals surface area (Å²) in [7, 11) is 0. The highest BCUT2D eigenvalue weighted by Gasteiger charge is 2.34. The molecule has 1 fully saturated rings. The average Bonchev–Trinajstić information content (AvgIpc) is 3.08. The Morgan fingerprint density at radius 2 is 1.86 bits per heavy atom. The lowest BCUT2D eigenvalue weighted by molar-refractivity contribution is -0.126. The van der Waals surface area contributed by atoms with E-state index in [4.69, 9.17) is 27.9 Å². The van der Waals surface area contributed by atoms with Crippen molar-refractivity contribution in [3.05, 3.63) is 58.1 Å². The van der Waals surface area contributed by atoms with Gasteiger partial charge in [0.1, 0.15) is 12.4 Å². The lowest BCUT2D eigenvalue weighted by Crippen LogP contribution is -2.33. The maximum Gasteiger partial charge on any atom is 0.227 e. The van der Waals surface area contributed by atoms with Crippen molar-refractivity contribution in [2.45, 2.75) is 26.4 Å². The molecule has 3 rings (SSSR count). The SMILES string of the molecule is CCCNC(=O)C1CC(=O)N(c2ccc(OCc3c(Cl)cccc3Cl)cc2)C1. The molecular formula is C21H22Cl2N2O3. The quantitative estimate of drug-likeness (QED) is 0.719. The van der Waals surface area contributed by atoms with Gasteiger partial charge in [0.2, 0.25) is 11.8 Å². The molecule has 0 aliphatic carbocycles. The Labute approximate surface area is 174 Å². The Kier molecular flexibility index (Phi) is 6.81. The van der Waals surface area contributed by atoms with Crippen LogP contribution in [0.4, 0.5) is 5.69 Å². The lowest BCUT2D eigenvalue weighted by atomic mass is 10.1. The summed E-state index contributed by atoms with van der Waals surface area (Å²) < 4.78 is 5.77. The highest BCUT2D eigenvalue weighted by Crippen LogP contribution is 2.29. The van der Waals surface area contributed by atoms with Crippen LogP contribution in [-0.2, 0) is 16.2 Å². The molecule has 0 bridgehead atoms. The van der Waals surface area contributed by atoms with Crippen LogP contribution in [0.5, 0.6) is 5.75 Å². The number of rotatable bonds is 7. The van der Waals surface area contributed by atoms with E-state index in [9.17, 15) is 9.59 Å². The van der Waals surface area contributed by atoms with Gasteiger partial charge in [0.15, 0.2) is 0 Å². The maximum absolute atomic E-state index is 12.3. The summed E-state index contributed by atoms with van der Waals surface area (Å²) in [6.07, 6.45) is 1.11. The number of halogens is 2. The van der Waals surface area contributed by atoms with E-state index in [2.05, 4.69) is 5.32 Å². The number of amides is 2. The minimum absolute atomic E-state index is 0.0480. The maximum atomic E-state index is 12.3. The van der Waals surface area contributed by atoms with Gasteiger partial charge < -0.3 is 15.0 Å². The molecule has 1 unspecified atom stereocenters. The van der Waals surface area contributed by atoms with Crippen molar-refractivity contribution in [3.8, 4) is 5.75 Å². The van der Waals surface area contributed by atoms with Crippen LogP contribution < -0.4 is 15.0 Å². The third-order valence-corrected chi connectivity index (χ3v) is 5.35. The van der Waals surface area contributed by atoms with Crippen LogP contribution in [0, 0.1) is 5.92 Å². The summed E-state index contributed by atoms with van der Waals surface area (Å²) >= 11 is 12.3. The van der Waals surface area contributed by atoms with Gasteiger partial charge in [0, 0.05) is 40.8 Å². The molecule has 1 saturated heterocycles. The van der Waals surface area contributed by atoms with Gasteiger partial charge >= 0.3 is 0 Å². The molecule has 2 aromatic carbocycles. The summed E-state index contributed by atoms with van der Waals surface area (Å²) in [5, 5.41) is 3.97. The fourth-order valence-electron chi connectivity index (χ4n) is 3.07. The minimum Gasteiger partial charge on any atom is -0.489 e. The topological polar surface area (TPSA) is 58.6 Å². The van der Waals surface area contributed by atoms with Crippen LogP contribution in [-0.4, -0.2) is 24.9 Å². The molecule has 148 valence electrons. The number of ether oxygens (including phenoxy) is 1. The first-order chi connectivity index (χ1) is 13.5. The zero-order chi connectivity index (χ0) is 20.1. The van der Waals surface area contributed by atoms with E-state index in [1.165, 1.54) is 0 Å². The zero-order valence-corrected chi connectivity index (χ0v) is 17.1. The molecular weight excluding hydrogens is 399 g/mol. The van der Waals surface area contributed by atoms with Gasteiger partial charge in [-0.25, -0.2) is 0 Å². The molecule has 2 amide bonds. The predicted octanol–water partition coefficient (Wildman–Crippen LogP) is 4.45. The monoisotopic (exact) mass is 420 g/mol. The van der Waals surface area contributed by atoms with Crippen LogP contribution >= 0.6 is 23.2 Å². The summed E-state index contributed by atoms with van der Waals surface area (Å²) in [4.78, 5) is 26.1. The molecule has 5 nitrogen and oxygen atoms in total. The Bertz CT molecular complexity index is 835. The van der Waals surface area contributed by atoms with Crippen molar-refractivity contribution >= 4 is 40.7 Å². The van der Waals surface area contributed by atoms with Crippen LogP contribution in [0.15, 0.2) is 42.5 Å². The first kappa shape index (κ1) is 20.5. The van der Waals surface area contributed by atoms with E-state index in [0.717, 1.165) is 17.7 Å². The van der Waals surface area contributed by atoms with Gasteiger partial charge in [0.05, 0.1) is 5.92 Å². The van der Waals surface area contributed by atoms with Crippen LogP contribution in [0.3, 0.4) is 0 Å². The second-order valence-corrected chi connectivity index (χ2v) is 7.49. The fraction of sp³-hybridized carbons (Fsp3) is 0.333. The Morgan fingerprint density at radius 3 is 2.50 bits per heavy atom. The normalized spacial score (nSPS) is 16.3. The van der Waals surface area contributed by atoms with Crippen molar-refractivity contribution < 1.29 is 14.3 Å². The van der Waals surface area contributed by atoms with Crippen LogP contribution in [0.1, 0.15) is 25.3 Å². The lowest BCUT2D eigenvalue weighted by Gasteiger charge is -2.17. The molecule has 1 aliphatic heterocycles. The molecule has 1 atom stereocenters. The number of anilines is 1. The molecule has 1 aliphatic rings. The van der Waals surface area contributed by atoms with E-state index in [1.807, 2.05) is 19.1 Å². The molecule has 0 radical (unpaired) electrons. The Morgan fingerprint density at radius 1 is 1.18 bits per heavy atom. The highest BCUT2D eigenvalue weighted by atomic mass is 35.5. The average molecular weight is 421 g/mol. The molecule has 28 heavy (non-hydrogen) atoms. The Hall–Kier alpha value is -2.24. The number of hydrogen-bond acceptors (Lipinski definition) is 3. The first-order valence-corrected chi connectivity index (χ1v) is 9.99. The number of nitrogens with zero attached hydrogens (tertiary/aromatic N) is 1. The Balaban J connectivity index is 1.61. The standard InChI is InChI=1S/C21H22Cl2N2O3/c1-2-10-24-21(27)14-11-20(26)25(12-14)15-6-8-16(9-7-15)28-13-17-18(22)4-3-5-19(17)23/h3-9,14H,2,10-13H2,1H3,(H,24,27). The van der Waals surface area contributed by atoms with Crippen molar-refractivity contribution in [2.75, 3.05) is 18.0 Å². The third kappa shape index (κ3) is 4.78. The summed E-state index contributed by atoms with van der Waals surface area (Å²) in [5.74, 6) is 0.225. The van der Waals surface area contributed by atoms with Crippen LogP contribution in [0.2, 0.25) is 10.0 Å². The molecule has 0 aromatic heterocycles. The fourth-order valence-corrected chi connectivity index (χ4v) is 3.58. The number of carbonyl (C=O) groups is 2. The van der Waals surface area contributed by atoms with Gasteiger partial charge in [-0.05, 0) is 42.8 Å². The largest absolute Gasteiger partial charge is 0.489 e. The number of benzene rings is 2. The second kappa shape index (κ2) is 9.30. The highest BCUT2D eigenvalue weighted by molar-refractivity contribution is 6.35. The van der Waals surface area contributed by atoms with Gasteiger partial charge in [0.25, 0.3) is 0 Å². The number of nitrogens with one attached hydrogen (secondary N) is 1. The van der Waals surface area contributed by atoms with Gasteiger partial charge in [-0.3, -0.25) is 9.59 Å². The van der Waals surface area contributed by atoms with Gasteiger partial charge in [-0.15, -0.1) is 0 Å². The first-order valence-electron chi connectivity index (χ1n) is 9.23. The summed E-state index contributed by atoms with van der Waals surface area (Å²) in [5.41, 5.74) is 1.48. The van der Waals surface area contributed by atoms with Crippen molar-refractivity contribution in [2.24, 2.45) is 5.92 Å². The smallest absolute Gasteiger partial charge is 0.227 e. The van der Waals surface area contributed by atoms with E-state index in [0.29, 0.717) is 28.9 Å². The van der Waals surface area contributed by atoms with Crippen molar-refractivity contribution in [3.63, 3.8) is 0 Å². The molecule has 1 N–H and O–H groups in total. The van der Waals surface area contributed by atoms with E-state index in [-0.39, 0.29) is 30.8 Å². The molecule has 0 saturated carbocycles. The summed E-state index contributed by atoms with van der Waals surface area (Å²) in [6.45, 7) is 3.27. The molecule has 1 heterocycles. The molecule has 0 spiro atoms. The van der Waals surface area contributed by atoms with Crippen molar-refractivity contribution in [1.82, 2.24) is 5.32 Å². The predicted molar refractivity (Wildman–Crippen MR) is 111 cm³/mol. The van der Waals surface area contributed by atoms with Gasteiger partial charge in [-0.1, -0.05) is 36.2 Å². The van der Waals surface area contributed by atoms with Crippen molar-refractivity contribution in [1.29, 1.82) is 0 Å².